The zero-order valence-electron chi connectivity index (χ0n) is 11.9. The quantitative estimate of drug-likeness (QED) is 0.644. The van der Waals surface area contributed by atoms with Gasteiger partial charge < -0.3 is 20.2 Å². The lowest BCUT2D eigenvalue weighted by Gasteiger charge is -2.04. The van der Waals surface area contributed by atoms with Crippen LogP contribution in [0.25, 0.3) is 21.8 Å². The molecule has 0 spiro atoms. The lowest BCUT2D eigenvalue weighted by Crippen LogP contribution is -2.17. The van der Waals surface area contributed by atoms with Gasteiger partial charge in [-0.25, -0.2) is 18.4 Å². The summed E-state index contributed by atoms with van der Waals surface area (Å²) in [5, 5.41) is 6.26. The van der Waals surface area contributed by atoms with Gasteiger partial charge in [0.1, 0.15) is 5.52 Å². The number of methoxy groups -OCH3 is 1. The Hall–Kier alpha value is -2.85. The number of carbonyl (C=O) groups is 1. The first-order chi connectivity index (χ1) is 10.8. The van der Waals surface area contributed by atoms with E-state index in [9.17, 15) is 13.2 Å². The van der Waals surface area contributed by atoms with Crippen molar-refractivity contribution in [1.29, 1.82) is 0 Å². The molecule has 1 amide bonds. The molecule has 0 aliphatic rings. The van der Waals surface area contributed by atoms with Crippen LogP contribution >= 0.6 is 0 Å². The van der Waals surface area contributed by atoms with Gasteiger partial charge in [-0.1, -0.05) is 0 Å². The average molecular weight is 336 g/mol. The van der Waals surface area contributed by atoms with Gasteiger partial charge in [-0.05, 0) is 18.2 Å². The number of pyridine rings is 1. The summed E-state index contributed by atoms with van der Waals surface area (Å²) in [7, 11) is -2.46. The zero-order chi connectivity index (χ0) is 16.8. The molecule has 0 atom stereocenters. The molecule has 0 aliphatic heterocycles. The lowest BCUT2D eigenvalue weighted by atomic mass is 10.2. The predicted octanol–water partition coefficient (Wildman–Crippen LogP) is 0.830. The second-order valence-corrected chi connectivity index (χ2v) is 6.25. The van der Waals surface area contributed by atoms with Crippen molar-refractivity contribution >= 4 is 37.9 Å². The van der Waals surface area contributed by atoms with Crippen LogP contribution in [0.2, 0.25) is 0 Å². The van der Waals surface area contributed by atoms with Gasteiger partial charge in [0.2, 0.25) is 15.9 Å². The molecule has 9 nitrogen and oxygen atoms in total. The number of fused-ring (bicyclic) bond motifs is 3. The average Bonchev–Trinajstić information content (AvgIpc) is 2.83. The monoisotopic (exact) mass is 336 g/mol. The standard InChI is InChI=1S/C13H12N4O5S/c1-21-10-5-8-7-4-6(23(15,19)20)2-3-9(7)16-11(8)12(17-10)22-13(14)18/h2-5,16H,1H3,(H2,14,18)(H2,15,19,20). The molecule has 1 aromatic carbocycles. The Kier molecular flexibility index (Phi) is 3.34. The van der Waals surface area contributed by atoms with E-state index < -0.39 is 16.1 Å². The summed E-state index contributed by atoms with van der Waals surface area (Å²) < 4.78 is 33.0. The summed E-state index contributed by atoms with van der Waals surface area (Å²) in [6.45, 7) is 0. The number of hydrogen-bond donors (Lipinski definition) is 3. The first kappa shape index (κ1) is 15.1. The van der Waals surface area contributed by atoms with E-state index in [-0.39, 0.29) is 16.7 Å². The number of amides is 1. The van der Waals surface area contributed by atoms with Crippen LogP contribution in [0.3, 0.4) is 0 Å². The number of aromatic amines is 1. The molecule has 0 fully saturated rings. The van der Waals surface area contributed by atoms with Gasteiger partial charge in [-0.3, -0.25) is 0 Å². The molecule has 23 heavy (non-hydrogen) atoms. The third-order valence-electron chi connectivity index (χ3n) is 3.24. The molecule has 0 bridgehead atoms. The first-order valence-corrected chi connectivity index (χ1v) is 7.85. The molecule has 2 heterocycles. The van der Waals surface area contributed by atoms with Gasteiger partial charge in [-0.15, -0.1) is 0 Å². The molecule has 0 unspecified atom stereocenters. The van der Waals surface area contributed by atoms with Gasteiger partial charge in [0.25, 0.3) is 5.88 Å². The van der Waals surface area contributed by atoms with Crippen LogP contribution in [0.1, 0.15) is 0 Å². The van der Waals surface area contributed by atoms with E-state index in [1.54, 1.807) is 12.1 Å². The van der Waals surface area contributed by atoms with E-state index in [1.165, 1.54) is 19.2 Å². The number of sulfonamides is 1. The number of hydrogen-bond acceptors (Lipinski definition) is 6. The van der Waals surface area contributed by atoms with Crippen LogP contribution < -0.4 is 20.3 Å². The minimum absolute atomic E-state index is 0.0425. The first-order valence-electron chi connectivity index (χ1n) is 6.30. The maximum absolute atomic E-state index is 11.5. The third kappa shape index (κ3) is 2.64. The molecule has 0 saturated heterocycles. The van der Waals surface area contributed by atoms with E-state index in [0.29, 0.717) is 21.8 Å². The molecule has 3 aromatic rings. The predicted molar refractivity (Wildman–Crippen MR) is 81.7 cm³/mol. The van der Waals surface area contributed by atoms with Crippen molar-refractivity contribution in [2.75, 3.05) is 7.11 Å². The Morgan fingerprint density at radius 1 is 1.26 bits per heavy atom. The lowest BCUT2D eigenvalue weighted by molar-refractivity contribution is 0.209. The SMILES string of the molecule is COc1cc2c([nH]c3ccc(S(N)(=O)=O)cc32)c(OC(N)=O)n1. The van der Waals surface area contributed by atoms with E-state index >= 15 is 0 Å². The molecule has 3 rings (SSSR count). The van der Waals surface area contributed by atoms with Crippen LogP contribution in [-0.2, 0) is 10.0 Å². The molecule has 0 saturated carbocycles. The van der Waals surface area contributed by atoms with Crippen molar-refractivity contribution in [3.8, 4) is 11.8 Å². The molecular weight excluding hydrogens is 324 g/mol. The summed E-state index contributed by atoms with van der Waals surface area (Å²) >= 11 is 0. The molecule has 0 radical (unpaired) electrons. The summed E-state index contributed by atoms with van der Waals surface area (Å²) in [5.74, 6) is 0.107. The van der Waals surface area contributed by atoms with Crippen molar-refractivity contribution in [2.24, 2.45) is 10.9 Å². The van der Waals surface area contributed by atoms with E-state index in [4.69, 9.17) is 20.3 Å². The Morgan fingerprint density at radius 2 is 2.00 bits per heavy atom. The topological polar surface area (TPSA) is 150 Å². The number of ether oxygens (including phenoxy) is 2. The Labute approximate surface area is 130 Å². The van der Waals surface area contributed by atoms with Gasteiger partial charge in [0.15, 0.2) is 0 Å². The van der Waals surface area contributed by atoms with Crippen LogP contribution in [0, 0.1) is 0 Å². The van der Waals surface area contributed by atoms with Gasteiger partial charge in [-0.2, -0.15) is 4.98 Å². The van der Waals surface area contributed by atoms with E-state index in [2.05, 4.69) is 9.97 Å². The largest absolute Gasteiger partial charge is 0.481 e. The van der Waals surface area contributed by atoms with Gasteiger partial charge in [0, 0.05) is 22.4 Å². The summed E-state index contributed by atoms with van der Waals surface area (Å²) in [4.78, 5) is 18.0. The number of nitrogens with one attached hydrogen (secondary N) is 1. The number of nitrogens with zero attached hydrogens (tertiary/aromatic N) is 1. The molecule has 0 aliphatic carbocycles. The number of rotatable bonds is 3. The normalized spacial score (nSPS) is 11.7. The van der Waals surface area contributed by atoms with Crippen LogP contribution in [0.4, 0.5) is 4.79 Å². The van der Waals surface area contributed by atoms with Crippen LogP contribution in [0.15, 0.2) is 29.2 Å². The summed E-state index contributed by atoms with van der Waals surface area (Å²) in [6.07, 6.45) is -1.03. The highest BCUT2D eigenvalue weighted by atomic mass is 32.2. The zero-order valence-corrected chi connectivity index (χ0v) is 12.7. The smallest absolute Gasteiger partial charge is 0.411 e. The number of primary sulfonamides is 1. The maximum Gasteiger partial charge on any atom is 0.411 e. The minimum Gasteiger partial charge on any atom is -0.481 e. The number of carbonyl (C=O) groups excluding carboxylic acids is 1. The molecule has 2 aromatic heterocycles. The Morgan fingerprint density at radius 3 is 2.61 bits per heavy atom. The van der Waals surface area contributed by atoms with Crippen LogP contribution in [-0.4, -0.2) is 31.6 Å². The fraction of sp³-hybridized carbons (Fsp3) is 0.0769. The summed E-state index contributed by atoms with van der Waals surface area (Å²) in [6, 6.07) is 5.91. The number of H-pyrrole nitrogens is 1. The number of aromatic nitrogens is 2. The van der Waals surface area contributed by atoms with Gasteiger partial charge in [0.05, 0.1) is 12.0 Å². The second kappa shape index (κ2) is 5.11. The minimum atomic E-state index is -3.85. The van der Waals surface area contributed by atoms with Crippen molar-refractivity contribution in [3.05, 3.63) is 24.3 Å². The van der Waals surface area contributed by atoms with Gasteiger partial charge >= 0.3 is 6.09 Å². The van der Waals surface area contributed by atoms with Crippen molar-refractivity contribution in [3.63, 3.8) is 0 Å². The maximum atomic E-state index is 11.5. The highest BCUT2D eigenvalue weighted by Gasteiger charge is 2.17. The third-order valence-corrected chi connectivity index (χ3v) is 4.15. The van der Waals surface area contributed by atoms with Crippen molar-refractivity contribution in [2.45, 2.75) is 4.90 Å². The Bertz CT molecular complexity index is 1040. The van der Waals surface area contributed by atoms with Crippen molar-refractivity contribution < 1.29 is 22.7 Å². The molecule has 10 heteroatoms. The molecule has 120 valence electrons. The van der Waals surface area contributed by atoms with E-state index in [1.807, 2.05) is 0 Å². The summed E-state index contributed by atoms with van der Waals surface area (Å²) in [5.41, 5.74) is 6.02. The number of benzene rings is 1. The number of primary amides is 1. The number of nitrogens with two attached hydrogens (primary N) is 2. The fourth-order valence-corrected chi connectivity index (χ4v) is 2.81. The Balaban J connectivity index is 2.38. The highest BCUT2D eigenvalue weighted by molar-refractivity contribution is 7.89. The van der Waals surface area contributed by atoms with E-state index in [0.717, 1.165) is 0 Å². The molecular formula is C13H12N4O5S. The second-order valence-electron chi connectivity index (χ2n) is 4.69. The van der Waals surface area contributed by atoms with Crippen LogP contribution in [0.5, 0.6) is 11.8 Å². The van der Waals surface area contributed by atoms with Crippen molar-refractivity contribution in [1.82, 2.24) is 9.97 Å². The highest BCUT2D eigenvalue weighted by Crippen LogP contribution is 2.34. The fourth-order valence-electron chi connectivity index (χ4n) is 2.27. The molecule has 5 N–H and O–H groups in total.